The summed E-state index contributed by atoms with van der Waals surface area (Å²) in [5.74, 6) is 0.434. The lowest BCUT2D eigenvalue weighted by molar-refractivity contribution is 0.0953. The molecule has 0 aliphatic carbocycles. The number of phenols is 1. The molecule has 0 heterocycles. The van der Waals surface area contributed by atoms with Crippen LogP contribution in [0.3, 0.4) is 0 Å². The Bertz CT molecular complexity index is 437. The third-order valence-electron chi connectivity index (χ3n) is 2.14. The Labute approximate surface area is 107 Å². The SMILES string of the molecule is CCS(=O)CCNC(=O)c1cc(Cl)ccc1O. The van der Waals surface area contributed by atoms with Gasteiger partial charge in [-0.1, -0.05) is 18.5 Å². The van der Waals surface area contributed by atoms with Crippen molar-refractivity contribution in [3.63, 3.8) is 0 Å². The second-order valence-corrected chi connectivity index (χ2v) is 5.65. The van der Waals surface area contributed by atoms with Crippen LogP contribution in [0.15, 0.2) is 18.2 Å². The van der Waals surface area contributed by atoms with Crippen molar-refractivity contribution in [3.05, 3.63) is 28.8 Å². The standard InChI is InChI=1S/C11H14ClNO3S/c1-2-17(16)6-5-13-11(15)9-7-8(12)3-4-10(9)14/h3-4,7,14H,2,5-6H2,1H3,(H,13,15). The van der Waals surface area contributed by atoms with Gasteiger partial charge in [0.2, 0.25) is 0 Å². The molecule has 1 aromatic carbocycles. The predicted octanol–water partition coefficient (Wildman–Crippen LogP) is 1.54. The fourth-order valence-electron chi connectivity index (χ4n) is 1.21. The van der Waals surface area contributed by atoms with Crippen LogP contribution in [0.5, 0.6) is 5.75 Å². The molecule has 94 valence electrons. The minimum absolute atomic E-state index is 0.122. The van der Waals surface area contributed by atoms with Crippen molar-refractivity contribution < 1.29 is 14.1 Å². The van der Waals surface area contributed by atoms with Crippen molar-refractivity contribution in [2.45, 2.75) is 6.92 Å². The molecule has 0 aliphatic heterocycles. The number of rotatable bonds is 5. The van der Waals surface area contributed by atoms with Crippen molar-refractivity contribution in [3.8, 4) is 5.75 Å². The van der Waals surface area contributed by atoms with Gasteiger partial charge in [0.05, 0.1) is 5.56 Å². The lowest BCUT2D eigenvalue weighted by Gasteiger charge is -2.06. The quantitative estimate of drug-likeness (QED) is 0.857. The Kier molecular flexibility index (Phi) is 5.44. The summed E-state index contributed by atoms with van der Waals surface area (Å²) >= 11 is 5.73. The van der Waals surface area contributed by atoms with E-state index in [1.54, 1.807) is 0 Å². The molecule has 2 N–H and O–H groups in total. The number of nitrogens with one attached hydrogen (secondary N) is 1. The highest BCUT2D eigenvalue weighted by molar-refractivity contribution is 7.84. The molecule has 1 rings (SSSR count). The third-order valence-corrected chi connectivity index (χ3v) is 3.68. The average molecular weight is 276 g/mol. The molecule has 6 heteroatoms. The van der Waals surface area contributed by atoms with E-state index in [2.05, 4.69) is 5.32 Å². The van der Waals surface area contributed by atoms with Gasteiger partial charge < -0.3 is 10.4 Å². The lowest BCUT2D eigenvalue weighted by atomic mass is 10.2. The number of halogens is 1. The fraction of sp³-hybridized carbons (Fsp3) is 0.364. The maximum atomic E-state index is 11.7. The highest BCUT2D eigenvalue weighted by Crippen LogP contribution is 2.21. The van der Waals surface area contributed by atoms with Crippen LogP contribution in [-0.4, -0.2) is 33.3 Å². The molecule has 0 aromatic heterocycles. The zero-order valence-corrected chi connectivity index (χ0v) is 11.0. The largest absolute Gasteiger partial charge is 0.507 e. The van der Waals surface area contributed by atoms with E-state index in [0.29, 0.717) is 23.1 Å². The first-order valence-electron chi connectivity index (χ1n) is 5.16. The number of aromatic hydroxyl groups is 1. The molecule has 1 aromatic rings. The van der Waals surface area contributed by atoms with Gasteiger partial charge in [-0.2, -0.15) is 0 Å². The minimum atomic E-state index is -0.913. The Hall–Kier alpha value is -1.07. The molecule has 0 saturated carbocycles. The number of benzene rings is 1. The first-order chi connectivity index (χ1) is 8.04. The van der Waals surface area contributed by atoms with Gasteiger partial charge in [0, 0.05) is 33.9 Å². The van der Waals surface area contributed by atoms with Crippen molar-refractivity contribution in [2.75, 3.05) is 18.1 Å². The Morgan fingerprint density at radius 2 is 2.24 bits per heavy atom. The zero-order valence-electron chi connectivity index (χ0n) is 9.40. The summed E-state index contributed by atoms with van der Waals surface area (Å²) < 4.78 is 11.1. The van der Waals surface area contributed by atoms with E-state index in [4.69, 9.17) is 11.6 Å². The smallest absolute Gasteiger partial charge is 0.255 e. The van der Waals surface area contributed by atoms with Gasteiger partial charge in [0.1, 0.15) is 5.75 Å². The number of carbonyl (C=O) groups excluding carboxylic acids is 1. The molecule has 0 radical (unpaired) electrons. The van der Waals surface area contributed by atoms with Gasteiger partial charge in [0.15, 0.2) is 0 Å². The highest BCUT2D eigenvalue weighted by atomic mass is 35.5. The highest BCUT2D eigenvalue weighted by Gasteiger charge is 2.11. The third kappa shape index (κ3) is 4.36. The van der Waals surface area contributed by atoms with E-state index >= 15 is 0 Å². The molecular weight excluding hydrogens is 262 g/mol. The van der Waals surface area contributed by atoms with Crippen molar-refractivity contribution in [1.29, 1.82) is 0 Å². The first kappa shape index (κ1) is 14.0. The summed E-state index contributed by atoms with van der Waals surface area (Å²) in [6.45, 7) is 2.13. The number of phenolic OH excluding ortho intramolecular Hbond substituents is 1. The van der Waals surface area contributed by atoms with Gasteiger partial charge in [-0.25, -0.2) is 0 Å². The van der Waals surface area contributed by atoms with E-state index in [1.807, 2.05) is 6.92 Å². The van der Waals surface area contributed by atoms with Gasteiger partial charge in [0.25, 0.3) is 5.91 Å². The number of hydrogen-bond acceptors (Lipinski definition) is 3. The predicted molar refractivity (Wildman–Crippen MR) is 69.0 cm³/mol. The van der Waals surface area contributed by atoms with Crippen molar-refractivity contribution >= 4 is 28.3 Å². The van der Waals surface area contributed by atoms with Gasteiger partial charge >= 0.3 is 0 Å². The molecular formula is C11H14ClNO3S. The second kappa shape index (κ2) is 6.61. The van der Waals surface area contributed by atoms with Crippen molar-refractivity contribution in [1.82, 2.24) is 5.32 Å². The van der Waals surface area contributed by atoms with E-state index in [0.717, 1.165) is 0 Å². The zero-order chi connectivity index (χ0) is 12.8. The lowest BCUT2D eigenvalue weighted by Crippen LogP contribution is -2.28. The monoisotopic (exact) mass is 275 g/mol. The maximum Gasteiger partial charge on any atom is 0.255 e. The van der Waals surface area contributed by atoms with Crippen LogP contribution in [0.2, 0.25) is 5.02 Å². The molecule has 0 saturated heterocycles. The van der Waals surface area contributed by atoms with Crippen molar-refractivity contribution in [2.24, 2.45) is 0 Å². The van der Waals surface area contributed by atoms with Gasteiger partial charge in [-0.3, -0.25) is 9.00 Å². The molecule has 17 heavy (non-hydrogen) atoms. The van der Waals surface area contributed by atoms with E-state index in [1.165, 1.54) is 18.2 Å². The van der Waals surface area contributed by atoms with Crippen LogP contribution in [0.1, 0.15) is 17.3 Å². The fourth-order valence-corrected chi connectivity index (χ4v) is 2.00. The van der Waals surface area contributed by atoms with Crippen LogP contribution >= 0.6 is 11.6 Å². The Morgan fingerprint density at radius 1 is 1.53 bits per heavy atom. The molecule has 1 amide bonds. The number of hydrogen-bond donors (Lipinski definition) is 2. The van der Waals surface area contributed by atoms with Gasteiger partial charge in [-0.05, 0) is 18.2 Å². The topological polar surface area (TPSA) is 66.4 Å². The molecule has 0 aliphatic rings. The number of amides is 1. The van der Waals surface area contributed by atoms with Gasteiger partial charge in [-0.15, -0.1) is 0 Å². The summed E-state index contributed by atoms with van der Waals surface area (Å²) in [5.41, 5.74) is 0.125. The summed E-state index contributed by atoms with van der Waals surface area (Å²) in [6.07, 6.45) is 0. The summed E-state index contributed by atoms with van der Waals surface area (Å²) in [4.78, 5) is 11.7. The van der Waals surface area contributed by atoms with Crippen LogP contribution in [0.4, 0.5) is 0 Å². The number of carbonyl (C=O) groups is 1. The molecule has 0 spiro atoms. The van der Waals surface area contributed by atoms with E-state index < -0.39 is 16.7 Å². The second-order valence-electron chi connectivity index (χ2n) is 3.35. The minimum Gasteiger partial charge on any atom is -0.507 e. The summed E-state index contributed by atoms with van der Waals surface area (Å²) in [7, 11) is -0.913. The normalized spacial score (nSPS) is 12.1. The summed E-state index contributed by atoms with van der Waals surface area (Å²) in [6, 6.07) is 4.25. The molecule has 1 unspecified atom stereocenters. The van der Waals surface area contributed by atoms with Crippen LogP contribution < -0.4 is 5.32 Å². The van der Waals surface area contributed by atoms with E-state index in [-0.39, 0.29) is 11.3 Å². The Morgan fingerprint density at radius 3 is 2.88 bits per heavy atom. The molecule has 0 bridgehead atoms. The molecule has 1 atom stereocenters. The molecule has 4 nitrogen and oxygen atoms in total. The summed E-state index contributed by atoms with van der Waals surface area (Å²) in [5, 5.41) is 12.4. The average Bonchev–Trinajstić information content (AvgIpc) is 2.31. The van der Waals surface area contributed by atoms with Crippen LogP contribution in [0, 0.1) is 0 Å². The van der Waals surface area contributed by atoms with E-state index in [9.17, 15) is 14.1 Å². The maximum absolute atomic E-state index is 11.7. The molecule has 0 fully saturated rings. The Balaban J connectivity index is 2.58. The van der Waals surface area contributed by atoms with Crippen LogP contribution in [-0.2, 0) is 10.8 Å². The van der Waals surface area contributed by atoms with Crippen LogP contribution in [0.25, 0.3) is 0 Å². The first-order valence-corrected chi connectivity index (χ1v) is 7.03.